The maximum absolute atomic E-state index is 2.41. The first-order valence-corrected chi connectivity index (χ1v) is 6.37. The molecule has 0 bridgehead atoms. The largest absolute Gasteiger partial charge is 0.0856 e. The lowest BCUT2D eigenvalue weighted by Gasteiger charge is -2.02. The van der Waals surface area contributed by atoms with E-state index in [9.17, 15) is 0 Å². The summed E-state index contributed by atoms with van der Waals surface area (Å²) in [7, 11) is 0. The Balaban J connectivity index is 3.68. The molecule has 0 aliphatic rings. The Labute approximate surface area is 96.5 Å². The van der Waals surface area contributed by atoms with Gasteiger partial charge in [0.25, 0.3) is 0 Å². The average Bonchev–Trinajstić information content (AvgIpc) is 2.17. The Kier molecular flexibility index (Phi) is 8.46. The Morgan fingerprint density at radius 1 is 1.00 bits per heavy atom. The smallest absolute Gasteiger partial charge is 0.0288 e. The monoisotopic (exact) mass is 208 g/mol. The van der Waals surface area contributed by atoms with Crippen LogP contribution in [0.15, 0.2) is 23.3 Å². The number of hydrogen-bond acceptors (Lipinski definition) is 0. The summed E-state index contributed by atoms with van der Waals surface area (Å²) in [5, 5.41) is 0. The molecular formula is C15H28. The second kappa shape index (κ2) is 8.76. The molecule has 0 radical (unpaired) electrons. The number of allylic oxidation sites excluding steroid dienone is 4. The predicted molar refractivity (Wildman–Crippen MR) is 71.1 cm³/mol. The van der Waals surface area contributed by atoms with Crippen molar-refractivity contribution in [3.05, 3.63) is 23.3 Å². The average molecular weight is 208 g/mol. The first-order chi connectivity index (χ1) is 7.06. The van der Waals surface area contributed by atoms with Gasteiger partial charge in [0.15, 0.2) is 0 Å². The van der Waals surface area contributed by atoms with Crippen LogP contribution >= 0.6 is 0 Å². The van der Waals surface area contributed by atoms with Gasteiger partial charge >= 0.3 is 0 Å². The molecule has 0 saturated carbocycles. The lowest BCUT2D eigenvalue weighted by molar-refractivity contribution is 0.592. The fourth-order valence-corrected chi connectivity index (χ4v) is 1.46. The summed E-state index contributed by atoms with van der Waals surface area (Å²) in [6.07, 6.45) is 11.0. The highest BCUT2D eigenvalue weighted by Gasteiger charge is 1.93. The maximum atomic E-state index is 2.41. The standard InChI is InChI=1S/C15H28/c1-6-14(4)10-8-12-15(5)11-7-9-13(2)3/h10-11,13H,6-9,12H2,1-5H3/b14-10+,15-11+. The van der Waals surface area contributed by atoms with Gasteiger partial charge in [-0.3, -0.25) is 0 Å². The van der Waals surface area contributed by atoms with Crippen LogP contribution in [0, 0.1) is 5.92 Å². The molecule has 0 rings (SSSR count). The summed E-state index contributed by atoms with van der Waals surface area (Å²) < 4.78 is 0. The highest BCUT2D eigenvalue weighted by molar-refractivity contribution is 5.03. The first kappa shape index (κ1) is 14.5. The lowest BCUT2D eigenvalue weighted by atomic mass is 10.0. The normalized spacial score (nSPS) is 13.7. The zero-order valence-electron chi connectivity index (χ0n) is 11.3. The molecule has 0 aromatic heterocycles. The molecular weight excluding hydrogens is 180 g/mol. The molecule has 0 fully saturated rings. The summed E-state index contributed by atoms with van der Waals surface area (Å²) >= 11 is 0. The molecule has 0 aromatic rings. The third-order valence-electron chi connectivity index (χ3n) is 2.83. The number of hydrogen-bond donors (Lipinski definition) is 0. The quantitative estimate of drug-likeness (QED) is 0.484. The topological polar surface area (TPSA) is 0 Å². The van der Waals surface area contributed by atoms with E-state index in [1.807, 2.05) is 0 Å². The van der Waals surface area contributed by atoms with Gasteiger partial charge in [0.1, 0.15) is 0 Å². The van der Waals surface area contributed by atoms with E-state index < -0.39 is 0 Å². The Bertz CT molecular complexity index is 206. The minimum absolute atomic E-state index is 0.830. The van der Waals surface area contributed by atoms with E-state index in [-0.39, 0.29) is 0 Å². The second-order valence-electron chi connectivity index (χ2n) is 4.96. The van der Waals surface area contributed by atoms with Gasteiger partial charge in [0.2, 0.25) is 0 Å². The molecule has 0 atom stereocenters. The molecule has 0 nitrogen and oxygen atoms in total. The summed E-state index contributed by atoms with van der Waals surface area (Å²) in [6, 6.07) is 0. The van der Waals surface area contributed by atoms with Crippen LogP contribution in [-0.2, 0) is 0 Å². The van der Waals surface area contributed by atoms with E-state index in [0.717, 1.165) is 5.92 Å². The van der Waals surface area contributed by atoms with Crippen molar-refractivity contribution in [1.82, 2.24) is 0 Å². The minimum atomic E-state index is 0.830. The summed E-state index contributed by atoms with van der Waals surface area (Å²) in [5.41, 5.74) is 3.07. The fraction of sp³-hybridized carbons (Fsp3) is 0.733. The lowest BCUT2D eigenvalue weighted by Crippen LogP contribution is -1.85. The molecule has 0 heterocycles. The van der Waals surface area contributed by atoms with Crippen LogP contribution < -0.4 is 0 Å². The van der Waals surface area contributed by atoms with Crippen molar-refractivity contribution in [3.8, 4) is 0 Å². The van der Waals surface area contributed by atoms with Crippen molar-refractivity contribution in [2.45, 2.75) is 66.7 Å². The number of rotatable bonds is 7. The van der Waals surface area contributed by atoms with Crippen molar-refractivity contribution in [2.75, 3.05) is 0 Å². The van der Waals surface area contributed by atoms with E-state index in [0.29, 0.717) is 0 Å². The van der Waals surface area contributed by atoms with Gasteiger partial charge in [0.05, 0.1) is 0 Å². The zero-order chi connectivity index (χ0) is 11.7. The molecule has 0 unspecified atom stereocenters. The minimum Gasteiger partial charge on any atom is -0.0856 e. The highest BCUT2D eigenvalue weighted by Crippen LogP contribution is 2.11. The molecule has 0 heteroatoms. The Morgan fingerprint density at radius 2 is 1.60 bits per heavy atom. The third kappa shape index (κ3) is 9.78. The van der Waals surface area contributed by atoms with Crippen molar-refractivity contribution in [1.29, 1.82) is 0 Å². The van der Waals surface area contributed by atoms with Crippen LogP contribution in [0.25, 0.3) is 0 Å². The van der Waals surface area contributed by atoms with E-state index >= 15 is 0 Å². The van der Waals surface area contributed by atoms with Crippen LogP contribution in [0.1, 0.15) is 66.7 Å². The van der Waals surface area contributed by atoms with Gasteiger partial charge in [-0.15, -0.1) is 0 Å². The molecule has 15 heavy (non-hydrogen) atoms. The Morgan fingerprint density at radius 3 is 2.13 bits per heavy atom. The van der Waals surface area contributed by atoms with E-state index in [4.69, 9.17) is 0 Å². The van der Waals surface area contributed by atoms with Gasteiger partial charge in [-0.05, 0) is 51.9 Å². The molecule has 0 aliphatic carbocycles. The van der Waals surface area contributed by atoms with Crippen molar-refractivity contribution < 1.29 is 0 Å². The van der Waals surface area contributed by atoms with Crippen LogP contribution in [0.3, 0.4) is 0 Å². The van der Waals surface area contributed by atoms with E-state index in [2.05, 4.69) is 46.8 Å². The molecule has 0 spiro atoms. The van der Waals surface area contributed by atoms with Gasteiger partial charge in [0, 0.05) is 0 Å². The van der Waals surface area contributed by atoms with Gasteiger partial charge in [-0.2, -0.15) is 0 Å². The predicted octanol–water partition coefficient (Wildman–Crippen LogP) is 5.51. The molecule has 0 N–H and O–H groups in total. The van der Waals surface area contributed by atoms with Gasteiger partial charge in [-0.1, -0.05) is 44.1 Å². The SMILES string of the molecule is CC/C(C)=C/CC/C(C)=C/CCC(C)C. The summed E-state index contributed by atoms with van der Waals surface area (Å²) in [4.78, 5) is 0. The van der Waals surface area contributed by atoms with Gasteiger partial charge in [-0.25, -0.2) is 0 Å². The molecule has 0 amide bonds. The Hall–Kier alpha value is -0.520. The fourth-order valence-electron chi connectivity index (χ4n) is 1.46. The van der Waals surface area contributed by atoms with Crippen LogP contribution in [0.2, 0.25) is 0 Å². The zero-order valence-corrected chi connectivity index (χ0v) is 11.3. The third-order valence-corrected chi connectivity index (χ3v) is 2.83. The van der Waals surface area contributed by atoms with Crippen molar-refractivity contribution >= 4 is 0 Å². The molecule has 88 valence electrons. The first-order valence-electron chi connectivity index (χ1n) is 6.37. The van der Waals surface area contributed by atoms with Crippen LogP contribution in [-0.4, -0.2) is 0 Å². The van der Waals surface area contributed by atoms with Crippen molar-refractivity contribution in [3.63, 3.8) is 0 Å². The van der Waals surface area contributed by atoms with Crippen molar-refractivity contribution in [2.24, 2.45) is 5.92 Å². The summed E-state index contributed by atoms with van der Waals surface area (Å²) in [5.74, 6) is 0.830. The molecule has 0 saturated heterocycles. The summed E-state index contributed by atoms with van der Waals surface area (Å²) in [6.45, 7) is 11.3. The maximum Gasteiger partial charge on any atom is -0.0288 e. The molecule has 0 aliphatic heterocycles. The van der Waals surface area contributed by atoms with Crippen LogP contribution in [0.5, 0.6) is 0 Å². The van der Waals surface area contributed by atoms with E-state index in [1.54, 1.807) is 5.57 Å². The van der Waals surface area contributed by atoms with Gasteiger partial charge < -0.3 is 0 Å². The highest BCUT2D eigenvalue weighted by atomic mass is 14.0. The van der Waals surface area contributed by atoms with E-state index in [1.165, 1.54) is 37.7 Å². The second-order valence-corrected chi connectivity index (χ2v) is 4.96. The van der Waals surface area contributed by atoms with Crippen LogP contribution in [0.4, 0.5) is 0 Å². The molecule has 0 aromatic carbocycles.